The first-order valence-electron chi connectivity index (χ1n) is 11.6. The second-order valence-corrected chi connectivity index (χ2v) is 9.12. The maximum Gasteiger partial charge on any atom is 0.336 e. The van der Waals surface area contributed by atoms with Crippen LogP contribution in [0.25, 0.3) is 22.5 Å². The van der Waals surface area contributed by atoms with Gasteiger partial charge in [-0.15, -0.1) is 0 Å². The summed E-state index contributed by atoms with van der Waals surface area (Å²) in [4.78, 5) is 29.4. The van der Waals surface area contributed by atoms with Gasteiger partial charge in [-0.3, -0.25) is 10.2 Å². The van der Waals surface area contributed by atoms with Crippen molar-refractivity contribution in [2.45, 2.75) is 26.8 Å². The van der Waals surface area contributed by atoms with Crippen LogP contribution in [-0.2, 0) is 0 Å². The molecule has 204 valence electrons. The lowest BCUT2D eigenvalue weighted by Gasteiger charge is -2.24. The molecule has 0 radical (unpaired) electrons. The maximum atomic E-state index is 14.9. The number of benzene rings is 2. The van der Waals surface area contributed by atoms with Crippen LogP contribution in [-0.4, -0.2) is 45.9 Å². The molecule has 3 amide bonds. The third-order valence-corrected chi connectivity index (χ3v) is 6.19. The minimum absolute atomic E-state index is 0.0722. The van der Waals surface area contributed by atoms with Crippen LogP contribution in [0.1, 0.15) is 41.9 Å². The molecule has 39 heavy (non-hydrogen) atoms. The smallest absolute Gasteiger partial charge is 0.336 e. The topological polar surface area (TPSA) is 136 Å². The van der Waals surface area contributed by atoms with Crippen LogP contribution in [0.3, 0.4) is 0 Å². The first kappa shape index (κ1) is 27.9. The van der Waals surface area contributed by atoms with Gasteiger partial charge in [0.2, 0.25) is 17.5 Å². The summed E-state index contributed by atoms with van der Waals surface area (Å²) < 4.78 is 29.7. The molecular formula is C25H23Cl2FN6O5. The number of methoxy groups -OCH3 is 1. The number of amides is 3. The van der Waals surface area contributed by atoms with Gasteiger partial charge < -0.3 is 19.1 Å². The number of carbonyl (C=O) groups excluding carboxylic acids is 2. The standard InChI is InChI=1S/C25H23Cl2FN6O5/c1-5-34(31-24(35)20-11-21(37-4)32-39-20)25(36)29-12(2)16-7-6-14(8-18(16)27)17-9-15(26)10-19(28)22(17)23-30-13(3)38-33-23/h6-12H,5H2,1-4H3,(H,29,36)(H,31,35)/t12-/m1/s1. The zero-order valence-corrected chi connectivity index (χ0v) is 22.7. The van der Waals surface area contributed by atoms with Gasteiger partial charge in [-0.05, 0) is 53.9 Å². The molecule has 0 fully saturated rings. The number of nitrogens with one attached hydrogen (secondary N) is 2. The molecule has 0 saturated carbocycles. The minimum atomic E-state index is -0.681. The number of carbonyl (C=O) groups is 2. The molecule has 2 N–H and O–H groups in total. The van der Waals surface area contributed by atoms with Crippen molar-refractivity contribution in [3.05, 3.63) is 69.5 Å². The van der Waals surface area contributed by atoms with Gasteiger partial charge in [-0.2, -0.15) is 4.98 Å². The van der Waals surface area contributed by atoms with E-state index in [1.807, 2.05) is 0 Å². The largest absolute Gasteiger partial charge is 0.479 e. The van der Waals surface area contributed by atoms with Crippen LogP contribution in [0.15, 0.2) is 45.4 Å². The van der Waals surface area contributed by atoms with Crippen molar-refractivity contribution in [3.63, 3.8) is 0 Å². The summed E-state index contributed by atoms with van der Waals surface area (Å²) in [5.74, 6) is -0.954. The highest BCUT2D eigenvalue weighted by molar-refractivity contribution is 6.32. The van der Waals surface area contributed by atoms with Crippen LogP contribution in [0, 0.1) is 12.7 Å². The van der Waals surface area contributed by atoms with E-state index in [2.05, 4.69) is 26.0 Å². The molecule has 0 unspecified atom stereocenters. The Labute approximate surface area is 232 Å². The Bertz CT molecular complexity index is 1520. The van der Waals surface area contributed by atoms with E-state index >= 15 is 0 Å². The van der Waals surface area contributed by atoms with Gasteiger partial charge in [0.1, 0.15) is 5.82 Å². The van der Waals surface area contributed by atoms with E-state index in [1.54, 1.807) is 45.0 Å². The molecule has 4 rings (SSSR count). The van der Waals surface area contributed by atoms with Crippen molar-refractivity contribution < 1.29 is 27.8 Å². The SMILES string of the molecule is CCN(NC(=O)c1cc(OC)no1)C(=O)N[C@H](C)c1ccc(-c2cc(Cl)cc(F)c2-c2noc(C)n2)cc1Cl. The van der Waals surface area contributed by atoms with Gasteiger partial charge in [0.15, 0.2) is 0 Å². The average molecular weight is 577 g/mol. The van der Waals surface area contributed by atoms with Gasteiger partial charge in [0.25, 0.3) is 5.88 Å². The minimum Gasteiger partial charge on any atom is -0.479 e. The number of aromatic nitrogens is 3. The first-order chi connectivity index (χ1) is 18.6. The monoisotopic (exact) mass is 576 g/mol. The maximum absolute atomic E-state index is 14.9. The van der Waals surface area contributed by atoms with Gasteiger partial charge in [0.05, 0.1) is 24.8 Å². The Morgan fingerprint density at radius 1 is 1.15 bits per heavy atom. The first-order valence-corrected chi connectivity index (χ1v) is 12.4. The Kier molecular flexibility index (Phi) is 8.36. The predicted octanol–water partition coefficient (Wildman–Crippen LogP) is 5.59. The van der Waals surface area contributed by atoms with Gasteiger partial charge >= 0.3 is 11.9 Å². The lowest BCUT2D eigenvalue weighted by molar-refractivity contribution is 0.0792. The van der Waals surface area contributed by atoms with Crippen molar-refractivity contribution in [3.8, 4) is 28.4 Å². The van der Waals surface area contributed by atoms with E-state index in [-0.39, 0.29) is 40.5 Å². The summed E-state index contributed by atoms with van der Waals surface area (Å²) in [5, 5.41) is 11.7. The van der Waals surface area contributed by atoms with E-state index in [0.29, 0.717) is 21.7 Å². The number of aryl methyl sites for hydroxylation is 1. The van der Waals surface area contributed by atoms with Gasteiger partial charge in [-0.25, -0.2) is 14.2 Å². The zero-order chi connectivity index (χ0) is 28.3. The van der Waals surface area contributed by atoms with Gasteiger partial charge in [-0.1, -0.05) is 40.5 Å². The highest BCUT2D eigenvalue weighted by Gasteiger charge is 2.23. The lowest BCUT2D eigenvalue weighted by Crippen LogP contribution is -2.50. The second-order valence-electron chi connectivity index (χ2n) is 8.27. The molecule has 1 atom stereocenters. The quantitative estimate of drug-likeness (QED) is 0.272. The zero-order valence-electron chi connectivity index (χ0n) is 21.2. The molecule has 14 heteroatoms. The number of nitrogens with zero attached hydrogens (tertiary/aromatic N) is 4. The third-order valence-electron chi connectivity index (χ3n) is 5.64. The summed E-state index contributed by atoms with van der Waals surface area (Å²) in [6.07, 6.45) is 0. The number of urea groups is 1. The van der Waals surface area contributed by atoms with Crippen LogP contribution in [0.4, 0.5) is 9.18 Å². The number of hydrogen-bond acceptors (Lipinski definition) is 8. The number of rotatable bonds is 7. The molecule has 0 aliphatic carbocycles. The Hall–Kier alpha value is -4.16. The second kappa shape index (κ2) is 11.7. The van der Waals surface area contributed by atoms with Crippen LogP contribution >= 0.6 is 23.2 Å². The van der Waals surface area contributed by atoms with E-state index in [4.69, 9.17) is 37.0 Å². The molecule has 11 nitrogen and oxygen atoms in total. The predicted molar refractivity (Wildman–Crippen MR) is 140 cm³/mol. The average Bonchev–Trinajstić information content (AvgIpc) is 3.55. The highest BCUT2D eigenvalue weighted by atomic mass is 35.5. The summed E-state index contributed by atoms with van der Waals surface area (Å²) in [6.45, 7) is 5.16. The van der Waals surface area contributed by atoms with E-state index in [1.165, 1.54) is 13.2 Å². The van der Waals surface area contributed by atoms with E-state index in [9.17, 15) is 14.0 Å². The fraction of sp³-hybridized carbons (Fsp3) is 0.240. The normalized spacial score (nSPS) is 11.7. The summed E-state index contributed by atoms with van der Waals surface area (Å²) in [5.41, 5.74) is 4.10. The molecule has 0 aliphatic rings. The van der Waals surface area contributed by atoms with E-state index < -0.39 is 23.8 Å². The molecule has 0 saturated heterocycles. The molecule has 4 aromatic rings. The number of halogens is 3. The molecule has 2 aromatic heterocycles. The fourth-order valence-corrected chi connectivity index (χ4v) is 4.28. The van der Waals surface area contributed by atoms with Crippen molar-refractivity contribution in [1.29, 1.82) is 0 Å². The Morgan fingerprint density at radius 3 is 2.54 bits per heavy atom. The number of hydrogen-bond donors (Lipinski definition) is 2. The van der Waals surface area contributed by atoms with Crippen LogP contribution < -0.4 is 15.5 Å². The summed E-state index contributed by atoms with van der Waals surface area (Å²) in [7, 11) is 1.38. The fourth-order valence-electron chi connectivity index (χ4n) is 3.73. The molecule has 2 heterocycles. The highest BCUT2D eigenvalue weighted by Crippen LogP contribution is 2.37. The van der Waals surface area contributed by atoms with E-state index in [0.717, 1.165) is 11.1 Å². The summed E-state index contributed by atoms with van der Waals surface area (Å²) in [6, 6.07) is 7.91. The Balaban J connectivity index is 1.53. The van der Waals surface area contributed by atoms with Crippen molar-refractivity contribution in [1.82, 2.24) is 31.0 Å². The lowest BCUT2D eigenvalue weighted by atomic mass is 9.96. The third kappa shape index (κ3) is 6.13. The molecule has 2 aromatic carbocycles. The van der Waals surface area contributed by atoms with Crippen LogP contribution in [0.5, 0.6) is 5.88 Å². The summed E-state index contributed by atoms with van der Waals surface area (Å²) >= 11 is 12.7. The molecule has 0 aliphatic heterocycles. The number of hydrazine groups is 1. The van der Waals surface area contributed by atoms with Crippen molar-refractivity contribution in [2.75, 3.05) is 13.7 Å². The molecule has 0 bridgehead atoms. The Morgan fingerprint density at radius 2 is 1.92 bits per heavy atom. The van der Waals surface area contributed by atoms with Crippen molar-refractivity contribution in [2.24, 2.45) is 0 Å². The molecular weight excluding hydrogens is 554 g/mol. The van der Waals surface area contributed by atoms with Crippen molar-refractivity contribution >= 4 is 35.1 Å². The van der Waals surface area contributed by atoms with Gasteiger partial charge in [0, 0.05) is 23.5 Å². The molecule has 0 spiro atoms. The number of ether oxygens (including phenoxy) is 1. The van der Waals surface area contributed by atoms with Crippen LogP contribution in [0.2, 0.25) is 10.0 Å².